The number of ether oxygens (including phenoxy) is 1. The summed E-state index contributed by atoms with van der Waals surface area (Å²) in [5.74, 6) is 0.222. The van der Waals surface area contributed by atoms with Crippen LogP contribution in [0.15, 0.2) is 18.2 Å². The number of anilines is 2. The number of carbonyl (C=O) groups excluding carboxylic acids is 1. The van der Waals surface area contributed by atoms with Gasteiger partial charge in [0.1, 0.15) is 11.4 Å². The van der Waals surface area contributed by atoms with Gasteiger partial charge in [-0.2, -0.15) is 5.10 Å². The van der Waals surface area contributed by atoms with Crippen LogP contribution in [0.3, 0.4) is 0 Å². The molecule has 7 heteroatoms. The van der Waals surface area contributed by atoms with Crippen molar-refractivity contribution in [3.8, 4) is 5.75 Å². The smallest absolute Gasteiger partial charge is 0.276 e. The first-order valence-corrected chi connectivity index (χ1v) is 6.25. The predicted octanol–water partition coefficient (Wildman–Crippen LogP) is 2.23. The second kappa shape index (κ2) is 5.42. The first kappa shape index (κ1) is 14.2. The topological polar surface area (TPSA) is 82.2 Å². The highest BCUT2D eigenvalue weighted by Gasteiger charge is 2.19. The van der Waals surface area contributed by atoms with E-state index in [-0.39, 0.29) is 5.91 Å². The van der Waals surface area contributed by atoms with Crippen LogP contribution in [0.25, 0.3) is 0 Å². The van der Waals surface area contributed by atoms with Gasteiger partial charge in [0.25, 0.3) is 5.91 Å². The molecule has 1 aromatic carbocycles. The SMILES string of the molecule is COc1ccc(Cl)c(NC(=O)c2c(N)c(C)nn2C)c1. The fourth-order valence-electron chi connectivity index (χ4n) is 1.85. The van der Waals surface area contributed by atoms with E-state index in [1.807, 2.05) is 0 Å². The molecule has 2 rings (SSSR count). The summed E-state index contributed by atoms with van der Waals surface area (Å²) in [5, 5.41) is 7.22. The molecule has 6 nitrogen and oxygen atoms in total. The molecule has 106 valence electrons. The number of carbonyl (C=O) groups is 1. The molecule has 0 spiro atoms. The van der Waals surface area contributed by atoms with Crippen LogP contribution >= 0.6 is 11.6 Å². The molecule has 1 heterocycles. The number of hydrogen-bond acceptors (Lipinski definition) is 4. The average Bonchev–Trinajstić information content (AvgIpc) is 2.66. The lowest BCUT2D eigenvalue weighted by Crippen LogP contribution is -2.18. The first-order chi connectivity index (χ1) is 9.43. The summed E-state index contributed by atoms with van der Waals surface area (Å²) in [6, 6.07) is 4.99. The number of amides is 1. The zero-order valence-electron chi connectivity index (χ0n) is 11.4. The summed E-state index contributed by atoms with van der Waals surface area (Å²) >= 11 is 6.05. The van der Waals surface area contributed by atoms with Gasteiger partial charge in [0.15, 0.2) is 0 Å². The van der Waals surface area contributed by atoms with E-state index in [9.17, 15) is 4.79 Å². The summed E-state index contributed by atoms with van der Waals surface area (Å²) in [4.78, 5) is 12.3. The van der Waals surface area contributed by atoms with Gasteiger partial charge in [-0.25, -0.2) is 0 Å². The number of nitrogens with two attached hydrogens (primary N) is 1. The minimum Gasteiger partial charge on any atom is -0.497 e. The molecule has 0 aliphatic rings. The Morgan fingerprint density at radius 1 is 1.50 bits per heavy atom. The molecule has 3 N–H and O–H groups in total. The zero-order valence-corrected chi connectivity index (χ0v) is 12.2. The Morgan fingerprint density at radius 2 is 2.20 bits per heavy atom. The van der Waals surface area contributed by atoms with Crippen molar-refractivity contribution in [2.75, 3.05) is 18.2 Å². The van der Waals surface area contributed by atoms with Crippen molar-refractivity contribution >= 4 is 28.9 Å². The van der Waals surface area contributed by atoms with Crippen molar-refractivity contribution in [2.45, 2.75) is 6.92 Å². The Labute approximate surface area is 121 Å². The maximum Gasteiger partial charge on any atom is 0.276 e. The molecule has 1 aromatic heterocycles. The third-order valence-corrected chi connectivity index (χ3v) is 3.23. The Balaban J connectivity index is 2.32. The van der Waals surface area contributed by atoms with Crippen LogP contribution in [0.2, 0.25) is 5.02 Å². The second-order valence-corrected chi connectivity index (χ2v) is 4.68. The number of hydrogen-bond donors (Lipinski definition) is 2. The molecule has 0 unspecified atom stereocenters. The number of halogens is 1. The summed E-state index contributed by atoms with van der Waals surface area (Å²) in [5.41, 5.74) is 7.55. The van der Waals surface area contributed by atoms with Gasteiger partial charge in [0, 0.05) is 13.1 Å². The van der Waals surface area contributed by atoms with Crippen molar-refractivity contribution < 1.29 is 9.53 Å². The summed E-state index contributed by atoms with van der Waals surface area (Å²) in [6.07, 6.45) is 0. The lowest BCUT2D eigenvalue weighted by atomic mass is 10.2. The van der Waals surface area contributed by atoms with Crippen LogP contribution in [0.4, 0.5) is 11.4 Å². The molecular formula is C13H15ClN4O2. The van der Waals surface area contributed by atoms with E-state index in [0.717, 1.165) is 0 Å². The molecule has 0 saturated carbocycles. The third-order valence-electron chi connectivity index (χ3n) is 2.91. The molecule has 0 atom stereocenters. The number of methoxy groups -OCH3 is 1. The Hall–Kier alpha value is -2.21. The minimum absolute atomic E-state index is 0.293. The lowest BCUT2D eigenvalue weighted by molar-refractivity contribution is 0.101. The van der Waals surface area contributed by atoms with E-state index < -0.39 is 0 Å². The van der Waals surface area contributed by atoms with Gasteiger partial charge in [0.2, 0.25) is 0 Å². The number of nitrogens with one attached hydrogen (secondary N) is 1. The van der Waals surface area contributed by atoms with E-state index >= 15 is 0 Å². The Bertz CT molecular complexity index is 667. The molecule has 0 bridgehead atoms. The monoisotopic (exact) mass is 294 g/mol. The van der Waals surface area contributed by atoms with E-state index in [0.29, 0.717) is 33.5 Å². The van der Waals surface area contributed by atoms with Crippen LogP contribution in [0, 0.1) is 6.92 Å². The highest BCUT2D eigenvalue weighted by atomic mass is 35.5. The average molecular weight is 295 g/mol. The van der Waals surface area contributed by atoms with Crippen LogP contribution in [-0.2, 0) is 7.05 Å². The molecule has 0 aliphatic carbocycles. The second-order valence-electron chi connectivity index (χ2n) is 4.27. The minimum atomic E-state index is -0.374. The molecular weight excluding hydrogens is 280 g/mol. The van der Waals surface area contributed by atoms with Crippen LogP contribution in [-0.4, -0.2) is 22.8 Å². The number of aryl methyl sites for hydroxylation is 2. The van der Waals surface area contributed by atoms with Crippen LogP contribution < -0.4 is 15.8 Å². The molecule has 2 aromatic rings. The summed E-state index contributed by atoms with van der Waals surface area (Å²) in [7, 11) is 3.20. The van der Waals surface area contributed by atoms with E-state index in [2.05, 4.69) is 10.4 Å². The maximum absolute atomic E-state index is 12.3. The van der Waals surface area contributed by atoms with Gasteiger partial charge in [0.05, 0.1) is 29.2 Å². The normalized spacial score (nSPS) is 10.4. The fourth-order valence-corrected chi connectivity index (χ4v) is 2.02. The number of aromatic nitrogens is 2. The van der Waals surface area contributed by atoms with Crippen LogP contribution in [0.1, 0.15) is 16.2 Å². The highest BCUT2D eigenvalue weighted by molar-refractivity contribution is 6.34. The third kappa shape index (κ3) is 2.55. The predicted molar refractivity (Wildman–Crippen MR) is 78.3 cm³/mol. The fraction of sp³-hybridized carbons (Fsp3) is 0.231. The Morgan fingerprint density at radius 3 is 2.75 bits per heavy atom. The molecule has 0 aliphatic heterocycles. The number of nitrogen functional groups attached to an aromatic ring is 1. The summed E-state index contributed by atoms with van der Waals surface area (Å²) in [6.45, 7) is 1.74. The van der Waals surface area contributed by atoms with Crippen molar-refractivity contribution in [1.29, 1.82) is 0 Å². The zero-order chi connectivity index (χ0) is 14.9. The molecule has 20 heavy (non-hydrogen) atoms. The molecule has 0 fully saturated rings. The van der Waals surface area contributed by atoms with Gasteiger partial charge >= 0.3 is 0 Å². The Kier molecular flexibility index (Phi) is 3.85. The number of benzene rings is 1. The summed E-state index contributed by atoms with van der Waals surface area (Å²) < 4.78 is 6.54. The van der Waals surface area contributed by atoms with E-state index in [1.54, 1.807) is 32.2 Å². The van der Waals surface area contributed by atoms with Crippen molar-refractivity contribution in [2.24, 2.45) is 7.05 Å². The maximum atomic E-state index is 12.3. The van der Waals surface area contributed by atoms with Gasteiger partial charge < -0.3 is 15.8 Å². The van der Waals surface area contributed by atoms with Crippen molar-refractivity contribution in [1.82, 2.24) is 9.78 Å². The van der Waals surface area contributed by atoms with Gasteiger partial charge in [-0.15, -0.1) is 0 Å². The number of nitrogens with zero attached hydrogens (tertiary/aromatic N) is 2. The first-order valence-electron chi connectivity index (χ1n) is 5.88. The van der Waals surface area contributed by atoms with E-state index in [1.165, 1.54) is 11.8 Å². The number of rotatable bonds is 3. The molecule has 0 radical (unpaired) electrons. The molecule has 1 amide bonds. The highest BCUT2D eigenvalue weighted by Crippen LogP contribution is 2.27. The van der Waals surface area contributed by atoms with Gasteiger partial charge in [-0.3, -0.25) is 9.48 Å². The lowest BCUT2D eigenvalue weighted by Gasteiger charge is -2.09. The van der Waals surface area contributed by atoms with Crippen LogP contribution in [0.5, 0.6) is 5.75 Å². The largest absolute Gasteiger partial charge is 0.497 e. The van der Waals surface area contributed by atoms with E-state index in [4.69, 9.17) is 22.1 Å². The van der Waals surface area contributed by atoms with Gasteiger partial charge in [-0.1, -0.05) is 11.6 Å². The van der Waals surface area contributed by atoms with Gasteiger partial charge in [-0.05, 0) is 19.1 Å². The standard InChI is InChI=1S/C13H15ClN4O2/c1-7-11(15)12(18(2)17-7)13(19)16-10-6-8(20-3)4-5-9(10)14/h4-6H,15H2,1-3H3,(H,16,19). The quantitative estimate of drug-likeness (QED) is 0.909. The molecule has 0 saturated heterocycles. The van der Waals surface area contributed by atoms with Crippen molar-refractivity contribution in [3.05, 3.63) is 34.6 Å². The van der Waals surface area contributed by atoms with Crippen molar-refractivity contribution in [3.63, 3.8) is 0 Å².